The maximum Gasteiger partial charge on any atom is 0.246 e. The zero-order valence-corrected chi connectivity index (χ0v) is 20.4. The van der Waals surface area contributed by atoms with Gasteiger partial charge in [-0.25, -0.2) is 0 Å². The standard InChI is InChI=1S/C30H32N2O4/c33-27-19-25-18-24-16-22(8-10-30(36)32-13-5-2-6-14-32)28(34)20-26(24)17-23(25)15-21(27)7-9-29(35)31-11-3-1-4-12-31/h7-10,15-20,33-34H,1-6,11-14H2. The molecule has 6 heteroatoms. The van der Waals surface area contributed by atoms with Crippen LogP contribution in [0.25, 0.3) is 33.7 Å². The van der Waals surface area contributed by atoms with Gasteiger partial charge in [0.15, 0.2) is 0 Å². The molecule has 0 unspecified atom stereocenters. The minimum atomic E-state index is -0.0306. The number of carbonyl (C=O) groups excluding carboxylic acids is 2. The van der Waals surface area contributed by atoms with E-state index in [0.717, 1.165) is 86.2 Å². The number of fused-ring (bicyclic) bond motifs is 2. The Morgan fingerprint density at radius 3 is 1.31 bits per heavy atom. The molecule has 0 saturated carbocycles. The predicted octanol–water partition coefficient (Wildman–Crippen LogP) is 5.46. The van der Waals surface area contributed by atoms with Crippen LogP contribution in [0.5, 0.6) is 11.5 Å². The molecule has 5 rings (SSSR count). The quantitative estimate of drug-likeness (QED) is 0.381. The normalized spacial score (nSPS) is 17.0. The summed E-state index contributed by atoms with van der Waals surface area (Å²) >= 11 is 0. The molecule has 186 valence electrons. The average Bonchev–Trinajstić information content (AvgIpc) is 2.90. The fraction of sp³-hybridized carbons (Fsp3) is 0.333. The molecule has 0 atom stereocenters. The number of phenols is 2. The minimum Gasteiger partial charge on any atom is -0.507 e. The highest BCUT2D eigenvalue weighted by atomic mass is 16.3. The minimum absolute atomic E-state index is 0.0306. The molecule has 2 heterocycles. The van der Waals surface area contributed by atoms with Gasteiger partial charge in [0, 0.05) is 49.5 Å². The van der Waals surface area contributed by atoms with E-state index in [2.05, 4.69) is 0 Å². The molecule has 3 aromatic rings. The first kappa shape index (κ1) is 23.9. The predicted molar refractivity (Wildman–Crippen MR) is 144 cm³/mol. The summed E-state index contributed by atoms with van der Waals surface area (Å²) in [7, 11) is 0. The zero-order chi connectivity index (χ0) is 25.1. The van der Waals surface area contributed by atoms with E-state index in [0.29, 0.717) is 11.1 Å². The van der Waals surface area contributed by atoms with Gasteiger partial charge in [0.1, 0.15) is 11.5 Å². The van der Waals surface area contributed by atoms with Crippen LogP contribution in [0.3, 0.4) is 0 Å². The molecule has 2 fully saturated rings. The molecule has 2 N–H and O–H groups in total. The van der Waals surface area contributed by atoms with Gasteiger partial charge in [-0.05, 0) is 109 Å². The SMILES string of the molecule is O=C(C=Cc1cc2cc3cc(O)c(C=CC(=O)N4CCCCC4)cc3cc2cc1O)N1CCCCC1. The lowest BCUT2D eigenvalue weighted by atomic mass is 9.98. The van der Waals surface area contributed by atoms with E-state index >= 15 is 0 Å². The molecule has 3 aromatic carbocycles. The summed E-state index contributed by atoms with van der Waals surface area (Å²) in [4.78, 5) is 28.6. The lowest BCUT2D eigenvalue weighted by Gasteiger charge is -2.25. The van der Waals surface area contributed by atoms with Crippen molar-refractivity contribution in [3.8, 4) is 11.5 Å². The van der Waals surface area contributed by atoms with Gasteiger partial charge in [-0.15, -0.1) is 0 Å². The number of hydrogen-bond donors (Lipinski definition) is 2. The fourth-order valence-electron chi connectivity index (χ4n) is 5.14. The van der Waals surface area contributed by atoms with E-state index in [1.54, 1.807) is 24.3 Å². The molecule has 36 heavy (non-hydrogen) atoms. The summed E-state index contributed by atoms with van der Waals surface area (Å²) in [6.07, 6.45) is 12.9. The van der Waals surface area contributed by atoms with Gasteiger partial charge in [-0.2, -0.15) is 0 Å². The van der Waals surface area contributed by atoms with Crippen molar-refractivity contribution in [1.29, 1.82) is 0 Å². The number of rotatable bonds is 4. The molecular weight excluding hydrogens is 452 g/mol. The summed E-state index contributed by atoms with van der Waals surface area (Å²) in [6, 6.07) is 11.0. The number of nitrogens with zero attached hydrogens (tertiary/aromatic N) is 2. The van der Waals surface area contributed by atoms with Crippen molar-refractivity contribution in [2.75, 3.05) is 26.2 Å². The van der Waals surface area contributed by atoms with Crippen molar-refractivity contribution in [2.45, 2.75) is 38.5 Å². The Bertz CT molecular complexity index is 1260. The lowest BCUT2D eigenvalue weighted by Crippen LogP contribution is -2.34. The third-order valence-electron chi connectivity index (χ3n) is 7.23. The van der Waals surface area contributed by atoms with Gasteiger partial charge in [0.25, 0.3) is 0 Å². The maximum absolute atomic E-state index is 12.5. The third kappa shape index (κ3) is 5.23. The first-order valence-corrected chi connectivity index (χ1v) is 12.9. The van der Waals surface area contributed by atoms with Crippen LogP contribution in [0, 0.1) is 0 Å². The van der Waals surface area contributed by atoms with E-state index in [1.165, 1.54) is 12.2 Å². The molecule has 6 nitrogen and oxygen atoms in total. The summed E-state index contributed by atoms with van der Waals surface area (Å²) in [5.74, 6) is 0.153. The Labute approximate surface area is 211 Å². The van der Waals surface area contributed by atoms with Crippen molar-refractivity contribution in [2.24, 2.45) is 0 Å². The van der Waals surface area contributed by atoms with Crippen LogP contribution in [0.15, 0.2) is 48.6 Å². The number of hydrogen-bond acceptors (Lipinski definition) is 4. The topological polar surface area (TPSA) is 81.1 Å². The van der Waals surface area contributed by atoms with Gasteiger partial charge < -0.3 is 20.0 Å². The van der Waals surface area contributed by atoms with Crippen LogP contribution in [-0.4, -0.2) is 58.0 Å². The lowest BCUT2D eigenvalue weighted by molar-refractivity contribution is -0.127. The second kappa shape index (κ2) is 10.4. The van der Waals surface area contributed by atoms with E-state index in [-0.39, 0.29) is 23.3 Å². The molecular formula is C30H32N2O4. The third-order valence-corrected chi connectivity index (χ3v) is 7.23. The summed E-state index contributed by atoms with van der Waals surface area (Å²) in [5, 5.41) is 24.7. The number of amides is 2. The Morgan fingerprint density at radius 2 is 0.917 bits per heavy atom. The number of carbonyl (C=O) groups is 2. The molecule has 2 aliphatic rings. The molecule has 0 bridgehead atoms. The summed E-state index contributed by atoms with van der Waals surface area (Å²) in [6.45, 7) is 3.13. The summed E-state index contributed by atoms with van der Waals surface area (Å²) in [5.41, 5.74) is 1.15. The Morgan fingerprint density at radius 1 is 0.556 bits per heavy atom. The van der Waals surface area contributed by atoms with Crippen molar-refractivity contribution in [3.05, 3.63) is 59.7 Å². The van der Waals surface area contributed by atoms with Gasteiger partial charge in [0.2, 0.25) is 11.8 Å². The second-order valence-electron chi connectivity index (χ2n) is 9.81. The number of piperidine rings is 2. The molecule has 2 aliphatic heterocycles. The first-order valence-electron chi connectivity index (χ1n) is 12.9. The van der Waals surface area contributed by atoms with Crippen LogP contribution < -0.4 is 0 Å². The number of aromatic hydroxyl groups is 2. The van der Waals surface area contributed by atoms with Gasteiger partial charge in [0.05, 0.1) is 0 Å². The number of phenolic OH excluding ortho intramolecular Hbond substituents is 2. The Hall–Kier alpha value is -3.80. The Balaban J connectivity index is 1.40. The highest BCUT2D eigenvalue weighted by Gasteiger charge is 2.15. The van der Waals surface area contributed by atoms with Crippen LogP contribution in [-0.2, 0) is 9.59 Å². The molecule has 2 saturated heterocycles. The smallest absolute Gasteiger partial charge is 0.246 e. The van der Waals surface area contributed by atoms with Gasteiger partial charge >= 0.3 is 0 Å². The van der Waals surface area contributed by atoms with Crippen LogP contribution in [0.2, 0.25) is 0 Å². The van der Waals surface area contributed by atoms with Gasteiger partial charge in [-0.3, -0.25) is 9.59 Å². The van der Waals surface area contributed by atoms with E-state index in [9.17, 15) is 19.8 Å². The van der Waals surface area contributed by atoms with Gasteiger partial charge in [-0.1, -0.05) is 0 Å². The molecule has 0 spiro atoms. The Kier molecular flexibility index (Phi) is 6.94. The largest absolute Gasteiger partial charge is 0.507 e. The first-order chi connectivity index (χ1) is 17.5. The van der Waals surface area contributed by atoms with E-state index in [1.807, 2.05) is 34.1 Å². The summed E-state index contributed by atoms with van der Waals surface area (Å²) < 4.78 is 0. The fourth-order valence-corrected chi connectivity index (χ4v) is 5.14. The van der Waals surface area contributed by atoms with Crippen LogP contribution >= 0.6 is 0 Å². The highest BCUT2D eigenvalue weighted by Crippen LogP contribution is 2.33. The molecule has 0 aliphatic carbocycles. The van der Waals surface area contributed by atoms with E-state index in [4.69, 9.17) is 0 Å². The van der Waals surface area contributed by atoms with Crippen LogP contribution in [0.4, 0.5) is 0 Å². The van der Waals surface area contributed by atoms with Crippen molar-refractivity contribution in [3.63, 3.8) is 0 Å². The number of benzene rings is 3. The second-order valence-corrected chi connectivity index (χ2v) is 9.81. The maximum atomic E-state index is 12.5. The number of likely N-dealkylation sites (tertiary alicyclic amines) is 2. The molecule has 0 aromatic heterocycles. The van der Waals surface area contributed by atoms with Crippen molar-refractivity contribution >= 4 is 45.5 Å². The molecule has 2 amide bonds. The van der Waals surface area contributed by atoms with Crippen molar-refractivity contribution in [1.82, 2.24) is 9.80 Å². The average molecular weight is 485 g/mol. The van der Waals surface area contributed by atoms with Crippen LogP contribution in [0.1, 0.15) is 49.7 Å². The van der Waals surface area contributed by atoms with E-state index < -0.39 is 0 Å². The highest BCUT2D eigenvalue weighted by molar-refractivity contribution is 6.02. The van der Waals surface area contributed by atoms with Crippen molar-refractivity contribution < 1.29 is 19.8 Å². The molecule has 0 radical (unpaired) electrons. The monoisotopic (exact) mass is 484 g/mol. The zero-order valence-electron chi connectivity index (χ0n) is 20.4.